The van der Waals surface area contributed by atoms with Crippen molar-refractivity contribution in [2.24, 2.45) is 16.7 Å². The van der Waals surface area contributed by atoms with Gasteiger partial charge < -0.3 is 5.32 Å². The quantitative estimate of drug-likeness (QED) is 0.746. The Bertz CT molecular complexity index is 279. The highest BCUT2D eigenvalue weighted by Crippen LogP contribution is 2.40. The Hall–Kier alpha value is -0.0400. The summed E-state index contributed by atoms with van der Waals surface area (Å²) in [5.41, 5.74) is 1.10. The SMILES string of the molecule is CC1CC(NC2CCCC(C)(C)C2)CC(C)(C)C1. The maximum absolute atomic E-state index is 4.00. The van der Waals surface area contributed by atoms with E-state index in [1.54, 1.807) is 0 Å². The van der Waals surface area contributed by atoms with Gasteiger partial charge in [0.05, 0.1) is 0 Å². The molecule has 0 radical (unpaired) electrons. The molecule has 0 aromatic heterocycles. The molecule has 18 heavy (non-hydrogen) atoms. The van der Waals surface area contributed by atoms with Crippen LogP contribution in [0, 0.1) is 16.7 Å². The second-order valence-corrected chi connectivity index (χ2v) is 8.73. The van der Waals surface area contributed by atoms with E-state index in [0.717, 1.165) is 18.0 Å². The van der Waals surface area contributed by atoms with Crippen molar-refractivity contribution in [2.45, 2.75) is 91.6 Å². The molecule has 1 N–H and O–H groups in total. The standard InChI is InChI=1S/C17H33N/c1-13-9-15(12-17(4,5)10-13)18-14-7-6-8-16(2,3)11-14/h13-15,18H,6-12H2,1-5H3. The molecule has 2 rings (SSSR count). The molecule has 2 aliphatic carbocycles. The number of rotatable bonds is 2. The Morgan fingerprint density at radius 3 is 2.17 bits per heavy atom. The van der Waals surface area contributed by atoms with Gasteiger partial charge >= 0.3 is 0 Å². The fourth-order valence-corrected chi connectivity index (χ4v) is 4.65. The first kappa shape index (κ1) is 14.4. The Kier molecular flexibility index (Phi) is 4.11. The van der Waals surface area contributed by atoms with Crippen LogP contribution in [-0.4, -0.2) is 12.1 Å². The fourth-order valence-electron chi connectivity index (χ4n) is 4.65. The lowest BCUT2D eigenvalue weighted by molar-refractivity contribution is 0.122. The first-order chi connectivity index (χ1) is 8.26. The molecule has 1 heteroatoms. The van der Waals surface area contributed by atoms with Crippen molar-refractivity contribution in [3.63, 3.8) is 0 Å². The van der Waals surface area contributed by atoms with Gasteiger partial charge in [0, 0.05) is 12.1 Å². The number of hydrogen-bond donors (Lipinski definition) is 1. The van der Waals surface area contributed by atoms with E-state index in [1.807, 2.05) is 0 Å². The van der Waals surface area contributed by atoms with Crippen LogP contribution in [0.15, 0.2) is 0 Å². The molecule has 0 heterocycles. The summed E-state index contributed by atoms with van der Waals surface area (Å²) in [5.74, 6) is 0.892. The van der Waals surface area contributed by atoms with E-state index >= 15 is 0 Å². The van der Waals surface area contributed by atoms with E-state index in [0.29, 0.717) is 10.8 Å². The van der Waals surface area contributed by atoms with E-state index in [9.17, 15) is 0 Å². The summed E-state index contributed by atoms with van der Waals surface area (Å²) < 4.78 is 0. The smallest absolute Gasteiger partial charge is 0.00772 e. The van der Waals surface area contributed by atoms with Gasteiger partial charge in [0.15, 0.2) is 0 Å². The lowest BCUT2D eigenvalue weighted by atomic mass is 9.69. The van der Waals surface area contributed by atoms with E-state index in [-0.39, 0.29) is 0 Å². The van der Waals surface area contributed by atoms with Crippen molar-refractivity contribution in [3.05, 3.63) is 0 Å². The molecule has 0 aromatic carbocycles. The summed E-state index contributed by atoms with van der Waals surface area (Å²) in [6.45, 7) is 12.2. The van der Waals surface area contributed by atoms with Crippen LogP contribution >= 0.6 is 0 Å². The first-order valence-corrected chi connectivity index (χ1v) is 8.02. The van der Waals surface area contributed by atoms with Crippen LogP contribution in [0.5, 0.6) is 0 Å². The van der Waals surface area contributed by atoms with Gasteiger partial charge in [0.2, 0.25) is 0 Å². The molecule has 106 valence electrons. The Labute approximate surface area is 114 Å². The Morgan fingerprint density at radius 2 is 1.56 bits per heavy atom. The minimum Gasteiger partial charge on any atom is -0.311 e. The van der Waals surface area contributed by atoms with Gasteiger partial charge in [0.25, 0.3) is 0 Å². The zero-order valence-electron chi connectivity index (χ0n) is 13.2. The molecule has 0 spiro atoms. The highest BCUT2D eigenvalue weighted by molar-refractivity contribution is 4.91. The van der Waals surface area contributed by atoms with Crippen molar-refractivity contribution < 1.29 is 0 Å². The van der Waals surface area contributed by atoms with Crippen molar-refractivity contribution in [1.82, 2.24) is 5.32 Å². The van der Waals surface area contributed by atoms with Crippen LogP contribution in [-0.2, 0) is 0 Å². The maximum Gasteiger partial charge on any atom is 0.00772 e. The highest BCUT2D eigenvalue weighted by Gasteiger charge is 2.34. The van der Waals surface area contributed by atoms with E-state index in [4.69, 9.17) is 0 Å². The van der Waals surface area contributed by atoms with Crippen LogP contribution in [0.25, 0.3) is 0 Å². The molecule has 3 unspecified atom stereocenters. The van der Waals surface area contributed by atoms with Gasteiger partial charge in [-0.25, -0.2) is 0 Å². The fraction of sp³-hybridized carbons (Fsp3) is 1.00. The normalized spacial score (nSPS) is 39.5. The zero-order valence-corrected chi connectivity index (χ0v) is 13.2. The van der Waals surface area contributed by atoms with Gasteiger partial charge in [-0.15, -0.1) is 0 Å². The zero-order chi connectivity index (χ0) is 13.4. The predicted octanol–water partition coefficient (Wildman–Crippen LogP) is 4.76. The minimum absolute atomic E-state index is 0.541. The summed E-state index contributed by atoms with van der Waals surface area (Å²) in [6, 6.07) is 1.54. The molecular formula is C17H33N. The summed E-state index contributed by atoms with van der Waals surface area (Å²) >= 11 is 0. The van der Waals surface area contributed by atoms with Crippen LogP contribution in [0.3, 0.4) is 0 Å². The van der Waals surface area contributed by atoms with Crippen molar-refractivity contribution in [2.75, 3.05) is 0 Å². The largest absolute Gasteiger partial charge is 0.311 e. The molecule has 2 aliphatic rings. The predicted molar refractivity (Wildman–Crippen MR) is 79.8 cm³/mol. The van der Waals surface area contributed by atoms with E-state index in [2.05, 4.69) is 39.9 Å². The molecule has 2 fully saturated rings. The number of nitrogens with one attached hydrogen (secondary N) is 1. The summed E-state index contributed by atoms with van der Waals surface area (Å²) in [6.07, 6.45) is 9.76. The Balaban J connectivity index is 1.89. The van der Waals surface area contributed by atoms with Gasteiger partial charge in [-0.05, 0) is 55.3 Å². The number of hydrogen-bond acceptors (Lipinski definition) is 1. The molecule has 0 aliphatic heterocycles. The average molecular weight is 251 g/mol. The molecule has 1 nitrogen and oxygen atoms in total. The molecule has 2 saturated carbocycles. The minimum atomic E-state index is 0.541. The van der Waals surface area contributed by atoms with Crippen LogP contribution in [0.2, 0.25) is 0 Å². The van der Waals surface area contributed by atoms with Crippen molar-refractivity contribution in [3.8, 4) is 0 Å². The first-order valence-electron chi connectivity index (χ1n) is 8.02. The Morgan fingerprint density at radius 1 is 0.889 bits per heavy atom. The second kappa shape index (κ2) is 5.15. The third-order valence-corrected chi connectivity index (χ3v) is 5.06. The van der Waals surface area contributed by atoms with Crippen LogP contribution in [0.4, 0.5) is 0 Å². The molecule has 0 saturated heterocycles. The molecule has 0 bridgehead atoms. The monoisotopic (exact) mass is 251 g/mol. The topological polar surface area (TPSA) is 12.0 Å². The van der Waals surface area contributed by atoms with E-state index in [1.165, 1.54) is 44.9 Å². The molecule has 3 atom stereocenters. The van der Waals surface area contributed by atoms with E-state index < -0.39 is 0 Å². The van der Waals surface area contributed by atoms with Crippen LogP contribution in [0.1, 0.15) is 79.6 Å². The van der Waals surface area contributed by atoms with Gasteiger partial charge in [-0.2, -0.15) is 0 Å². The highest BCUT2D eigenvalue weighted by atomic mass is 15.0. The summed E-state index contributed by atoms with van der Waals surface area (Å²) in [5, 5.41) is 4.00. The molecule has 0 amide bonds. The maximum atomic E-state index is 4.00. The van der Waals surface area contributed by atoms with Gasteiger partial charge in [-0.1, -0.05) is 41.0 Å². The van der Waals surface area contributed by atoms with Gasteiger partial charge in [-0.3, -0.25) is 0 Å². The van der Waals surface area contributed by atoms with Crippen molar-refractivity contribution >= 4 is 0 Å². The third-order valence-electron chi connectivity index (χ3n) is 5.06. The summed E-state index contributed by atoms with van der Waals surface area (Å²) in [7, 11) is 0. The lowest BCUT2D eigenvalue weighted by Gasteiger charge is -2.43. The van der Waals surface area contributed by atoms with Gasteiger partial charge in [0.1, 0.15) is 0 Å². The van der Waals surface area contributed by atoms with Crippen LogP contribution < -0.4 is 5.32 Å². The lowest BCUT2D eigenvalue weighted by Crippen LogP contribution is -2.47. The van der Waals surface area contributed by atoms with Crippen molar-refractivity contribution in [1.29, 1.82) is 0 Å². The third kappa shape index (κ3) is 3.98. The summed E-state index contributed by atoms with van der Waals surface area (Å²) in [4.78, 5) is 0. The molecular weight excluding hydrogens is 218 g/mol. The second-order valence-electron chi connectivity index (χ2n) is 8.73. The molecule has 0 aromatic rings. The average Bonchev–Trinajstić information content (AvgIpc) is 2.11.